The van der Waals surface area contributed by atoms with Gasteiger partial charge in [-0.15, -0.1) is 0 Å². The van der Waals surface area contributed by atoms with Gasteiger partial charge in [0.05, 0.1) is 17.7 Å². The zero-order valence-corrected chi connectivity index (χ0v) is 23.4. The summed E-state index contributed by atoms with van der Waals surface area (Å²) in [6, 6.07) is 20.3. The molecule has 0 fully saturated rings. The van der Waals surface area contributed by atoms with Crippen molar-refractivity contribution < 1.29 is 22.7 Å². The summed E-state index contributed by atoms with van der Waals surface area (Å²) in [6.07, 6.45) is 0. The Kier molecular flexibility index (Phi) is 9.77. The lowest BCUT2D eigenvalue weighted by Crippen LogP contribution is -2.52. The van der Waals surface area contributed by atoms with E-state index in [0.717, 1.165) is 4.31 Å². The molecule has 0 aliphatic heterocycles. The predicted molar refractivity (Wildman–Crippen MR) is 149 cm³/mol. The molecule has 0 radical (unpaired) electrons. The number of halogens is 1. The van der Waals surface area contributed by atoms with Crippen molar-refractivity contribution in [3.63, 3.8) is 0 Å². The maximum Gasteiger partial charge on any atom is 0.264 e. The molecule has 202 valence electrons. The van der Waals surface area contributed by atoms with Crippen molar-refractivity contribution in [2.24, 2.45) is 0 Å². The third-order valence-electron chi connectivity index (χ3n) is 5.87. The number of rotatable bonds is 11. The second kappa shape index (κ2) is 12.8. The average molecular weight is 558 g/mol. The first kappa shape index (κ1) is 29.0. The monoisotopic (exact) mass is 557 g/mol. The van der Waals surface area contributed by atoms with Crippen LogP contribution >= 0.6 is 11.6 Å². The first-order valence-corrected chi connectivity index (χ1v) is 13.9. The van der Waals surface area contributed by atoms with Crippen LogP contribution in [0.15, 0.2) is 83.8 Å². The van der Waals surface area contributed by atoms with E-state index in [1.54, 1.807) is 73.7 Å². The third kappa shape index (κ3) is 7.05. The Hall–Kier alpha value is -3.56. The molecule has 0 spiro atoms. The van der Waals surface area contributed by atoms with E-state index in [-0.39, 0.29) is 23.4 Å². The Morgan fingerprint density at radius 3 is 2.11 bits per heavy atom. The summed E-state index contributed by atoms with van der Waals surface area (Å²) in [5.74, 6) is -0.413. The molecule has 1 N–H and O–H groups in total. The quantitative estimate of drug-likeness (QED) is 0.375. The molecule has 0 aromatic heterocycles. The molecule has 38 heavy (non-hydrogen) atoms. The smallest absolute Gasteiger partial charge is 0.264 e. The standard InChI is InChI=1S/C28H32ClN3O5S/c1-20(2)30-28(34)21(3)31(18-22-10-8-9-13-26(22)29)27(33)19-32(23-11-6-5-7-12-23)38(35,36)25-16-14-24(37-4)15-17-25/h5-17,20-21H,18-19H2,1-4H3,(H,30,34)/t21-/m0/s1. The Bertz CT molecular complexity index is 1350. The fraction of sp³-hybridized carbons (Fsp3) is 0.286. The van der Waals surface area contributed by atoms with Gasteiger partial charge in [0, 0.05) is 17.6 Å². The minimum absolute atomic E-state index is 0.00166. The van der Waals surface area contributed by atoms with E-state index in [1.165, 1.54) is 24.1 Å². The molecule has 2 amide bonds. The zero-order chi connectivity index (χ0) is 27.9. The number of nitrogens with zero attached hydrogens (tertiary/aromatic N) is 2. The van der Waals surface area contributed by atoms with Gasteiger partial charge in [-0.25, -0.2) is 8.42 Å². The highest BCUT2D eigenvalue weighted by Gasteiger charge is 2.32. The van der Waals surface area contributed by atoms with E-state index in [1.807, 2.05) is 13.8 Å². The van der Waals surface area contributed by atoms with Crippen LogP contribution in [0, 0.1) is 0 Å². The molecular weight excluding hydrogens is 526 g/mol. The maximum absolute atomic E-state index is 13.8. The summed E-state index contributed by atoms with van der Waals surface area (Å²) < 4.78 is 33.7. The molecule has 8 nitrogen and oxygen atoms in total. The molecule has 0 saturated heterocycles. The first-order valence-electron chi connectivity index (χ1n) is 12.1. The molecule has 3 rings (SSSR count). The number of methoxy groups -OCH3 is 1. The summed E-state index contributed by atoms with van der Waals surface area (Å²) in [6.45, 7) is 4.75. The number of benzene rings is 3. The molecule has 3 aromatic rings. The fourth-order valence-electron chi connectivity index (χ4n) is 3.80. The molecule has 0 bridgehead atoms. The van der Waals surface area contributed by atoms with E-state index < -0.39 is 28.5 Å². The normalized spacial score (nSPS) is 12.1. The van der Waals surface area contributed by atoms with Gasteiger partial charge < -0.3 is 15.0 Å². The van der Waals surface area contributed by atoms with Crippen molar-refractivity contribution in [3.8, 4) is 5.75 Å². The fourth-order valence-corrected chi connectivity index (χ4v) is 5.41. The highest BCUT2D eigenvalue weighted by Crippen LogP contribution is 2.26. The number of amides is 2. The maximum atomic E-state index is 13.8. The Morgan fingerprint density at radius 2 is 1.53 bits per heavy atom. The number of para-hydroxylation sites is 1. The minimum Gasteiger partial charge on any atom is -0.497 e. The highest BCUT2D eigenvalue weighted by atomic mass is 35.5. The summed E-state index contributed by atoms with van der Waals surface area (Å²) in [7, 11) is -2.66. The summed E-state index contributed by atoms with van der Waals surface area (Å²) in [5.41, 5.74) is 0.949. The van der Waals surface area contributed by atoms with Crippen molar-refractivity contribution >= 4 is 39.1 Å². The number of anilines is 1. The number of hydrogen-bond acceptors (Lipinski definition) is 5. The number of carbonyl (C=O) groups is 2. The Labute approximate surface area is 229 Å². The molecular formula is C28H32ClN3O5S. The number of hydrogen-bond donors (Lipinski definition) is 1. The predicted octanol–water partition coefficient (Wildman–Crippen LogP) is 4.49. The van der Waals surface area contributed by atoms with Crippen LogP contribution < -0.4 is 14.4 Å². The van der Waals surface area contributed by atoms with Crippen molar-refractivity contribution in [1.82, 2.24) is 10.2 Å². The van der Waals surface area contributed by atoms with Gasteiger partial charge in [-0.1, -0.05) is 48.0 Å². The molecule has 1 atom stereocenters. The molecule has 10 heteroatoms. The van der Waals surface area contributed by atoms with E-state index in [4.69, 9.17) is 16.3 Å². The van der Waals surface area contributed by atoms with Gasteiger partial charge in [0.2, 0.25) is 11.8 Å². The molecule has 0 saturated carbocycles. The number of sulfonamides is 1. The van der Waals surface area contributed by atoms with Gasteiger partial charge in [-0.05, 0) is 68.8 Å². The van der Waals surface area contributed by atoms with Crippen LogP contribution in [-0.2, 0) is 26.2 Å². The Balaban J connectivity index is 2.01. The Morgan fingerprint density at radius 1 is 0.921 bits per heavy atom. The van der Waals surface area contributed by atoms with Gasteiger partial charge in [-0.3, -0.25) is 13.9 Å². The van der Waals surface area contributed by atoms with Crippen molar-refractivity contribution in [1.29, 1.82) is 0 Å². The van der Waals surface area contributed by atoms with Gasteiger partial charge in [0.25, 0.3) is 10.0 Å². The highest BCUT2D eigenvalue weighted by molar-refractivity contribution is 7.92. The number of ether oxygens (including phenoxy) is 1. The largest absolute Gasteiger partial charge is 0.497 e. The van der Waals surface area contributed by atoms with Crippen LogP contribution in [0.2, 0.25) is 5.02 Å². The summed E-state index contributed by atoms with van der Waals surface area (Å²) >= 11 is 6.37. The minimum atomic E-state index is -4.15. The van der Waals surface area contributed by atoms with Gasteiger partial charge in [-0.2, -0.15) is 0 Å². The molecule has 0 aliphatic carbocycles. The van der Waals surface area contributed by atoms with Crippen molar-refractivity contribution in [2.75, 3.05) is 18.0 Å². The summed E-state index contributed by atoms with van der Waals surface area (Å²) in [5, 5.41) is 3.26. The number of carbonyl (C=O) groups excluding carboxylic acids is 2. The topological polar surface area (TPSA) is 96.0 Å². The van der Waals surface area contributed by atoms with Crippen LogP contribution in [0.5, 0.6) is 5.75 Å². The van der Waals surface area contributed by atoms with E-state index in [9.17, 15) is 18.0 Å². The number of nitrogens with one attached hydrogen (secondary N) is 1. The summed E-state index contributed by atoms with van der Waals surface area (Å²) in [4.78, 5) is 28.1. The third-order valence-corrected chi connectivity index (χ3v) is 8.02. The second-order valence-corrected chi connectivity index (χ2v) is 11.2. The van der Waals surface area contributed by atoms with Crippen LogP contribution in [0.4, 0.5) is 5.69 Å². The molecule has 0 heterocycles. The van der Waals surface area contributed by atoms with Crippen LogP contribution in [0.1, 0.15) is 26.3 Å². The molecule has 3 aromatic carbocycles. The van der Waals surface area contributed by atoms with Gasteiger partial charge in [0.1, 0.15) is 18.3 Å². The second-order valence-electron chi connectivity index (χ2n) is 8.98. The van der Waals surface area contributed by atoms with Gasteiger partial charge in [0.15, 0.2) is 0 Å². The molecule has 0 aliphatic rings. The van der Waals surface area contributed by atoms with Crippen LogP contribution in [0.25, 0.3) is 0 Å². The van der Waals surface area contributed by atoms with Crippen LogP contribution in [-0.4, -0.2) is 50.9 Å². The van der Waals surface area contributed by atoms with Gasteiger partial charge >= 0.3 is 0 Å². The van der Waals surface area contributed by atoms with E-state index in [0.29, 0.717) is 22.0 Å². The lowest BCUT2D eigenvalue weighted by atomic mass is 10.1. The van der Waals surface area contributed by atoms with Crippen LogP contribution in [0.3, 0.4) is 0 Å². The van der Waals surface area contributed by atoms with Crippen molar-refractivity contribution in [2.45, 2.75) is 44.3 Å². The van der Waals surface area contributed by atoms with E-state index in [2.05, 4.69) is 5.32 Å². The lowest BCUT2D eigenvalue weighted by Gasteiger charge is -2.32. The first-order chi connectivity index (χ1) is 18.0. The average Bonchev–Trinajstić information content (AvgIpc) is 2.90. The lowest BCUT2D eigenvalue weighted by molar-refractivity contribution is -0.139. The zero-order valence-electron chi connectivity index (χ0n) is 21.8. The van der Waals surface area contributed by atoms with E-state index >= 15 is 0 Å². The van der Waals surface area contributed by atoms with Crippen molar-refractivity contribution in [3.05, 3.63) is 89.4 Å². The SMILES string of the molecule is COc1ccc(S(=O)(=O)N(CC(=O)N(Cc2ccccc2Cl)[C@@H](C)C(=O)NC(C)C)c2ccccc2)cc1. The molecule has 0 unspecified atom stereocenters.